The van der Waals surface area contributed by atoms with E-state index in [1.807, 2.05) is 0 Å². The zero-order chi connectivity index (χ0) is 9.03. The van der Waals surface area contributed by atoms with Crippen LogP contribution >= 0.6 is 0 Å². The van der Waals surface area contributed by atoms with E-state index in [9.17, 15) is 0 Å². The first-order chi connectivity index (χ1) is 5.73. The highest BCUT2D eigenvalue weighted by Gasteiger charge is 2.40. The van der Waals surface area contributed by atoms with Gasteiger partial charge in [0.2, 0.25) is 0 Å². The second-order valence-electron chi connectivity index (χ2n) is 4.78. The first-order valence-corrected chi connectivity index (χ1v) is 5.73. The van der Waals surface area contributed by atoms with Gasteiger partial charge in [-0.25, -0.2) is 0 Å². The van der Waals surface area contributed by atoms with Gasteiger partial charge in [0.25, 0.3) is 0 Å². The van der Waals surface area contributed by atoms with Crippen LogP contribution in [0.2, 0.25) is 0 Å². The second-order valence-corrected chi connectivity index (χ2v) is 4.78. The number of hydrogen-bond acceptors (Lipinski definition) is 0. The van der Waals surface area contributed by atoms with E-state index in [0.717, 1.165) is 11.3 Å². The van der Waals surface area contributed by atoms with Crippen molar-refractivity contribution < 1.29 is 0 Å². The van der Waals surface area contributed by atoms with Gasteiger partial charge in [-0.2, -0.15) is 0 Å². The predicted octanol–water partition coefficient (Wildman–Crippen LogP) is 4.39. The lowest BCUT2D eigenvalue weighted by Gasteiger charge is -2.48. The molecule has 1 aliphatic rings. The summed E-state index contributed by atoms with van der Waals surface area (Å²) >= 11 is 0. The average Bonchev–Trinajstić information content (AvgIpc) is 2.08. The molecule has 0 saturated heterocycles. The van der Waals surface area contributed by atoms with Gasteiger partial charge < -0.3 is 0 Å². The summed E-state index contributed by atoms with van der Waals surface area (Å²) < 4.78 is 0. The Morgan fingerprint density at radius 3 is 2.42 bits per heavy atom. The van der Waals surface area contributed by atoms with Gasteiger partial charge in [0.05, 0.1) is 0 Å². The lowest BCUT2D eigenvalue weighted by Crippen LogP contribution is -2.37. The molecule has 0 heteroatoms. The summed E-state index contributed by atoms with van der Waals surface area (Å²) in [5.41, 5.74) is 0.742. The molecule has 0 bridgehead atoms. The van der Waals surface area contributed by atoms with Crippen molar-refractivity contribution in [3.8, 4) is 0 Å². The van der Waals surface area contributed by atoms with Crippen molar-refractivity contribution in [3.63, 3.8) is 0 Å². The maximum Gasteiger partial charge on any atom is -0.0297 e. The van der Waals surface area contributed by atoms with Crippen LogP contribution in [0.15, 0.2) is 0 Å². The summed E-state index contributed by atoms with van der Waals surface area (Å²) in [7, 11) is 0. The van der Waals surface area contributed by atoms with E-state index in [-0.39, 0.29) is 0 Å². The van der Waals surface area contributed by atoms with Crippen LogP contribution in [-0.4, -0.2) is 0 Å². The summed E-state index contributed by atoms with van der Waals surface area (Å²) in [5, 5.41) is 0. The molecule has 2 unspecified atom stereocenters. The van der Waals surface area contributed by atoms with Crippen LogP contribution < -0.4 is 0 Å². The smallest absolute Gasteiger partial charge is 0.0297 e. The molecule has 0 N–H and O–H groups in total. The van der Waals surface area contributed by atoms with Gasteiger partial charge in [0, 0.05) is 0 Å². The fourth-order valence-electron chi connectivity index (χ4n) is 2.59. The van der Waals surface area contributed by atoms with Crippen molar-refractivity contribution in [2.24, 2.45) is 11.3 Å². The molecule has 1 fully saturated rings. The average molecular weight is 168 g/mol. The summed E-state index contributed by atoms with van der Waals surface area (Å²) in [4.78, 5) is 0. The molecule has 0 aromatic carbocycles. The summed E-state index contributed by atoms with van der Waals surface area (Å²) in [5.74, 6) is 1.06. The van der Waals surface area contributed by atoms with E-state index in [1.165, 1.54) is 44.9 Å². The molecule has 72 valence electrons. The van der Waals surface area contributed by atoms with Crippen LogP contribution in [-0.2, 0) is 0 Å². The van der Waals surface area contributed by atoms with Crippen molar-refractivity contribution in [3.05, 3.63) is 0 Å². The summed E-state index contributed by atoms with van der Waals surface area (Å²) in [6, 6.07) is 0. The van der Waals surface area contributed by atoms with Crippen LogP contribution in [0.4, 0.5) is 0 Å². The van der Waals surface area contributed by atoms with E-state index in [0.29, 0.717) is 0 Å². The normalized spacial score (nSPS) is 34.8. The van der Waals surface area contributed by atoms with E-state index < -0.39 is 0 Å². The Kier molecular flexibility index (Phi) is 3.61. The monoisotopic (exact) mass is 168 g/mol. The molecule has 0 radical (unpaired) electrons. The third kappa shape index (κ3) is 2.02. The molecule has 1 saturated carbocycles. The maximum absolute atomic E-state index is 2.51. The second kappa shape index (κ2) is 4.30. The Morgan fingerprint density at radius 1 is 1.25 bits per heavy atom. The maximum atomic E-state index is 2.51. The van der Waals surface area contributed by atoms with Crippen LogP contribution in [0.25, 0.3) is 0 Å². The zero-order valence-corrected chi connectivity index (χ0v) is 9.03. The highest BCUT2D eigenvalue weighted by atomic mass is 14.5. The first-order valence-electron chi connectivity index (χ1n) is 5.73. The third-order valence-corrected chi connectivity index (χ3v) is 3.79. The molecule has 0 nitrogen and oxygen atoms in total. The molecule has 0 aromatic heterocycles. The third-order valence-electron chi connectivity index (χ3n) is 3.79. The molecule has 0 aromatic rings. The molecule has 0 spiro atoms. The van der Waals surface area contributed by atoms with Crippen molar-refractivity contribution in [2.45, 2.75) is 65.7 Å². The molecule has 2 atom stereocenters. The largest absolute Gasteiger partial charge is 0.0654 e. The minimum Gasteiger partial charge on any atom is -0.0654 e. The Labute approximate surface area is 77.7 Å². The molecule has 0 heterocycles. The first kappa shape index (κ1) is 10.1. The van der Waals surface area contributed by atoms with Gasteiger partial charge in [-0.1, -0.05) is 46.5 Å². The van der Waals surface area contributed by atoms with Gasteiger partial charge in [-0.3, -0.25) is 0 Å². The van der Waals surface area contributed by atoms with Gasteiger partial charge >= 0.3 is 0 Å². The molecule has 12 heavy (non-hydrogen) atoms. The predicted molar refractivity (Wildman–Crippen MR) is 55.3 cm³/mol. The minimum atomic E-state index is 0.742. The van der Waals surface area contributed by atoms with E-state index >= 15 is 0 Å². The fourth-order valence-corrected chi connectivity index (χ4v) is 2.59. The van der Waals surface area contributed by atoms with Crippen LogP contribution in [0.3, 0.4) is 0 Å². The summed E-state index contributed by atoms with van der Waals surface area (Å²) in [6.07, 6.45) is 10.2. The van der Waals surface area contributed by atoms with Crippen LogP contribution in [0.1, 0.15) is 65.7 Å². The molecule has 1 rings (SSSR count). The molecule has 0 amide bonds. The van der Waals surface area contributed by atoms with Crippen molar-refractivity contribution in [2.75, 3.05) is 0 Å². The van der Waals surface area contributed by atoms with E-state index in [4.69, 9.17) is 0 Å². The number of hydrogen-bond donors (Lipinski definition) is 0. The topological polar surface area (TPSA) is 0 Å². The summed E-state index contributed by atoms with van der Waals surface area (Å²) in [6.45, 7) is 7.13. The molecule has 0 aliphatic heterocycles. The minimum absolute atomic E-state index is 0.742. The van der Waals surface area contributed by atoms with Crippen molar-refractivity contribution in [1.29, 1.82) is 0 Å². The number of unbranched alkanes of at least 4 members (excludes halogenated alkanes) is 1. The van der Waals surface area contributed by atoms with Gasteiger partial charge in [0.1, 0.15) is 0 Å². The van der Waals surface area contributed by atoms with E-state index in [1.54, 1.807) is 0 Å². The fraction of sp³-hybridized carbons (Fsp3) is 1.00. The molecular weight excluding hydrogens is 144 g/mol. The van der Waals surface area contributed by atoms with Gasteiger partial charge in [-0.05, 0) is 30.6 Å². The molecular formula is C12H24. The highest BCUT2D eigenvalue weighted by Crippen LogP contribution is 2.51. The Bertz CT molecular complexity index is 128. The van der Waals surface area contributed by atoms with E-state index in [2.05, 4.69) is 20.8 Å². The van der Waals surface area contributed by atoms with Crippen LogP contribution in [0, 0.1) is 11.3 Å². The van der Waals surface area contributed by atoms with Crippen molar-refractivity contribution in [1.82, 2.24) is 0 Å². The van der Waals surface area contributed by atoms with Gasteiger partial charge in [-0.15, -0.1) is 0 Å². The number of rotatable bonds is 5. The Hall–Kier alpha value is 0. The lowest BCUT2D eigenvalue weighted by molar-refractivity contribution is 0.0312. The Morgan fingerprint density at radius 2 is 2.00 bits per heavy atom. The quantitative estimate of drug-likeness (QED) is 0.571. The van der Waals surface area contributed by atoms with Crippen molar-refractivity contribution >= 4 is 0 Å². The SMILES string of the molecule is CCCCC1(C)CCC1CCC. The zero-order valence-electron chi connectivity index (χ0n) is 9.03. The van der Waals surface area contributed by atoms with Gasteiger partial charge in [0.15, 0.2) is 0 Å². The molecule has 1 aliphatic carbocycles. The lowest BCUT2D eigenvalue weighted by atomic mass is 9.58. The highest BCUT2D eigenvalue weighted by molar-refractivity contribution is 4.91. The Balaban J connectivity index is 2.27. The van der Waals surface area contributed by atoms with Crippen LogP contribution in [0.5, 0.6) is 0 Å². The standard InChI is InChI=1S/C12H24/c1-4-6-9-12(3)10-8-11(12)7-5-2/h11H,4-10H2,1-3H3.